The second kappa shape index (κ2) is 7.65. The average Bonchev–Trinajstić information content (AvgIpc) is 2.70. The second-order valence-corrected chi connectivity index (χ2v) is 5.25. The number of nitriles is 1. The highest BCUT2D eigenvalue weighted by Crippen LogP contribution is 2.33. The Hall–Kier alpha value is -1.87. The summed E-state index contributed by atoms with van der Waals surface area (Å²) in [5.41, 5.74) is 0. The maximum atomic E-state index is 11.5. The Kier molecular flexibility index (Phi) is 5.56. The standard InChI is InChI=1S/C14H16N2O3S/c15-5-1-6-16-14(17)10-20-11-3-4-12-13(9-11)19-8-2-7-18-12/h3-4,9H,1-2,6-8,10H2,(H,16,17). The van der Waals surface area contributed by atoms with Crippen LogP contribution < -0.4 is 14.8 Å². The molecule has 0 spiro atoms. The first-order chi connectivity index (χ1) is 9.79. The van der Waals surface area contributed by atoms with Gasteiger partial charge in [0.25, 0.3) is 0 Å². The summed E-state index contributed by atoms with van der Waals surface area (Å²) in [4.78, 5) is 12.5. The van der Waals surface area contributed by atoms with Crippen LogP contribution in [0.3, 0.4) is 0 Å². The second-order valence-electron chi connectivity index (χ2n) is 4.21. The Morgan fingerprint density at radius 3 is 2.95 bits per heavy atom. The van der Waals surface area contributed by atoms with Gasteiger partial charge in [0.1, 0.15) is 0 Å². The number of carbonyl (C=O) groups is 1. The summed E-state index contributed by atoms with van der Waals surface area (Å²) in [6.45, 7) is 1.72. The highest BCUT2D eigenvalue weighted by atomic mass is 32.2. The van der Waals surface area contributed by atoms with Crippen molar-refractivity contribution in [1.29, 1.82) is 5.26 Å². The van der Waals surface area contributed by atoms with Crippen molar-refractivity contribution >= 4 is 17.7 Å². The van der Waals surface area contributed by atoms with Gasteiger partial charge in [0.2, 0.25) is 5.91 Å². The number of thioether (sulfide) groups is 1. The molecule has 0 fully saturated rings. The number of hydrogen-bond acceptors (Lipinski definition) is 5. The summed E-state index contributed by atoms with van der Waals surface area (Å²) >= 11 is 1.44. The van der Waals surface area contributed by atoms with Gasteiger partial charge in [0.05, 0.1) is 31.5 Å². The molecule has 0 radical (unpaired) electrons. The van der Waals surface area contributed by atoms with Gasteiger partial charge in [-0.3, -0.25) is 4.79 Å². The van der Waals surface area contributed by atoms with E-state index in [0.717, 1.165) is 22.8 Å². The fraction of sp³-hybridized carbons (Fsp3) is 0.429. The fourth-order valence-corrected chi connectivity index (χ4v) is 2.45. The summed E-state index contributed by atoms with van der Waals surface area (Å²) in [5.74, 6) is 1.74. The van der Waals surface area contributed by atoms with E-state index in [-0.39, 0.29) is 5.91 Å². The van der Waals surface area contributed by atoms with Crippen molar-refractivity contribution in [1.82, 2.24) is 5.32 Å². The Morgan fingerprint density at radius 1 is 1.35 bits per heavy atom. The number of ether oxygens (including phenoxy) is 2. The van der Waals surface area contributed by atoms with E-state index in [4.69, 9.17) is 14.7 Å². The molecule has 0 aromatic heterocycles. The van der Waals surface area contributed by atoms with E-state index >= 15 is 0 Å². The van der Waals surface area contributed by atoms with Crippen molar-refractivity contribution < 1.29 is 14.3 Å². The summed E-state index contributed by atoms with van der Waals surface area (Å²) in [5, 5.41) is 11.1. The van der Waals surface area contributed by atoms with Gasteiger partial charge in [-0.1, -0.05) is 0 Å². The lowest BCUT2D eigenvalue weighted by molar-refractivity contribution is -0.118. The number of amides is 1. The van der Waals surface area contributed by atoms with Crippen molar-refractivity contribution in [2.24, 2.45) is 0 Å². The molecule has 1 aliphatic rings. The zero-order chi connectivity index (χ0) is 14.2. The van der Waals surface area contributed by atoms with E-state index in [1.54, 1.807) is 0 Å². The first-order valence-electron chi connectivity index (χ1n) is 6.45. The SMILES string of the molecule is N#CCCNC(=O)CSc1ccc2c(c1)OCCCO2. The number of fused-ring (bicyclic) bond motifs is 1. The Bertz CT molecular complexity index is 514. The van der Waals surface area contributed by atoms with Crippen LogP contribution in [0.4, 0.5) is 0 Å². The molecule has 0 aliphatic carbocycles. The van der Waals surface area contributed by atoms with E-state index in [1.165, 1.54) is 11.8 Å². The van der Waals surface area contributed by atoms with Crippen LogP contribution in [0.1, 0.15) is 12.8 Å². The molecule has 0 bridgehead atoms. The number of rotatable bonds is 5. The molecule has 1 amide bonds. The highest BCUT2D eigenvalue weighted by molar-refractivity contribution is 8.00. The minimum absolute atomic E-state index is 0.0719. The molecule has 1 aromatic carbocycles. The molecular weight excluding hydrogens is 276 g/mol. The molecule has 1 heterocycles. The summed E-state index contributed by atoms with van der Waals surface area (Å²) in [6, 6.07) is 7.67. The number of benzene rings is 1. The normalized spacial score (nSPS) is 13.2. The predicted octanol–water partition coefficient (Wildman–Crippen LogP) is 1.97. The van der Waals surface area contributed by atoms with Crippen LogP contribution >= 0.6 is 11.8 Å². The fourth-order valence-electron chi connectivity index (χ4n) is 1.69. The molecule has 1 aliphatic heterocycles. The molecule has 0 saturated carbocycles. The van der Waals surface area contributed by atoms with E-state index in [1.807, 2.05) is 24.3 Å². The van der Waals surface area contributed by atoms with E-state index in [2.05, 4.69) is 5.32 Å². The van der Waals surface area contributed by atoms with Crippen LogP contribution in [0.5, 0.6) is 11.5 Å². The predicted molar refractivity (Wildman–Crippen MR) is 76.0 cm³/mol. The Morgan fingerprint density at radius 2 is 2.15 bits per heavy atom. The third kappa shape index (κ3) is 4.35. The smallest absolute Gasteiger partial charge is 0.230 e. The quantitative estimate of drug-likeness (QED) is 0.663. The van der Waals surface area contributed by atoms with E-state index in [0.29, 0.717) is 31.9 Å². The number of carbonyl (C=O) groups excluding carboxylic acids is 1. The van der Waals surface area contributed by atoms with Crippen molar-refractivity contribution in [3.05, 3.63) is 18.2 Å². The van der Waals surface area contributed by atoms with Crippen LogP contribution in [0.15, 0.2) is 23.1 Å². The van der Waals surface area contributed by atoms with Crippen molar-refractivity contribution in [2.45, 2.75) is 17.7 Å². The van der Waals surface area contributed by atoms with Gasteiger partial charge < -0.3 is 14.8 Å². The molecule has 0 atom stereocenters. The van der Waals surface area contributed by atoms with Crippen LogP contribution in [-0.4, -0.2) is 31.4 Å². The molecule has 106 valence electrons. The van der Waals surface area contributed by atoms with Gasteiger partial charge >= 0.3 is 0 Å². The van der Waals surface area contributed by atoms with Crippen LogP contribution in [0, 0.1) is 11.3 Å². The van der Waals surface area contributed by atoms with Gasteiger partial charge in [-0.05, 0) is 18.2 Å². The molecule has 2 rings (SSSR count). The summed E-state index contributed by atoms with van der Waals surface area (Å²) < 4.78 is 11.2. The molecule has 20 heavy (non-hydrogen) atoms. The Balaban J connectivity index is 1.86. The van der Waals surface area contributed by atoms with Crippen LogP contribution in [0.2, 0.25) is 0 Å². The maximum absolute atomic E-state index is 11.5. The lowest BCUT2D eigenvalue weighted by Crippen LogP contribution is -2.25. The zero-order valence-electron chi connectivity index (χ0n) is 11.1. The van der Waals surface area contributed by atoms with Crippen LogP contribution in [0.25, 0.3) is 0 Å². The lowest BCUT2D eigenvalue weighted by Gasteiger charge is -2.09. The summed E-state index contributed by atoms with van der Waals surface area (Å²) in [7, 11) is 0. The first-order valence-corrected chi connectivity index (χ1v) is 7.44. The maximum Gasteiger partial charge on any atom is 0.230 e. The molecule has 0 saturated heterocycles. The van der Waals surface area contributed by atoms with Crippen molar-refractivity contribution in [3.63, 3.8) is 0 Å². The Labute approximate surface area is 122 Å². The van der Waals surface area contributed by atoms with E-state index < -0.39 is 0 Å². The zero-order valence-corrected chi connectivity index (χ0v) is 11.9. The average molecular weight is 292 g/mol. The molecular formula is C14H16N2O3S. The minimum atomic E-state index is -0.0719. The van der Waals surface area contributed by atoms with Gasteiger partial charge in [-0.2, -0.15) is 5.26 Å². The number of nitrogens with zero attached hydrogens (tertiary/aromatic N) is 1. The third-order valence-electron chi connectivity index (χ3n) is 2.65. The number of hydrogen-bond donors (Lipinski definition) is 1. The molecule has 1 aromatic rings. The largest absolute Gasteiger partial charge is 0.490 e. The van der Waals surface area contributed by atoms with Crippen molar-refractivity contribution in [2.75, 3.05) is 25.5 Å². The molecule has 0 unspecified atom stereocenters. The minimum Gasteiger partial charge on any atom is -0.490 e. The first kappa shape index (κ1) is 14.5. The van der Waals surface area contributed by atoms with E-state index in [9.17, 15) is 4.79 Å². The summed E-state index contributed by atoms with van der Waals surface area (Å²) in [6.07, 6.45) is 1.21. The molecule has 6 heteroatoms. The molecule has 5 nitrogen and oxygen atoms in total. The number of nitrogens with one attached hydrogen (secondary N) is 1. The van der Waals surface area contributed by atoms with Gasteiger partial charge in [-0.15, -0.1) is 11.8 Å². The third-order valence-corrected chi connectivity index (χ3v) is 3.64. The van der Waals surface area contributed by atoms with Gasteiger partial charge in [0, 0.05) is 17.9 Å². The lowest BCUT2D eigenvalue weighted by atomic mass is 10.3. The van der Waals surface area contributed by atoms with Gasteiger partial charge in [0.15, 0.2) is 11.5 Å². The van der Waals surface area contributed by atoms with Crippen LogP contribution in [-0.2, 0) is 4.79 Å². The van der Waals surface area contributed by atoms with Gasteiger partial charge in [-0.25, -0.2) is 0 Å². The highest BCUT2D eigenvalue weighted by Gasteiger charge is 2.11. The molecule has 1 N–H and O–H groups in total. The van der Waals surface area contributed by atoms with Crippen molar-refractivity contribution in [3.8, 4) is 17.6 Å². The topological polar surface area (TPSA) is 71.4 Å². The monoisotopic (exact) mass is 292 g/mol.